The second-order valence-electron chi connectivity index (χ2n) is 6.71. The van der Waals surface area contributed by atoms with Crippen LogP contribution in [0, 0.1) is 11.8 Å². The molecule has 1 aromatic carbocycles. The topological polar surface area (TPSA) is 79.8 Å². The molecule has 0 saturated carbocycles. The van der Waals surface area contributed by atoms with Crippen LogP contribution in [0.25, 0.3) is 0 Å². The predicted molar refractivity (Wildman–Crippen MR) is 101 cm³/mol. The summed E-state index contributed by atoms with van der Waals surface area (Å²) in [6, 6.07) is 10.1. The second kappa shape index (κ2) is 9.77. The van der Waals surface area contributed by atoms with Crippen LogP contribution in [0.4, 0.5) is 0 Å². The molecule has 0 amide bonds. The van der Waals surface area contributed by atoms with Crippen molar-refractivity contribution < 1.29 is 13.2 Å². The lowest BCUT2D eigenvalue weighted by atomic mass is 10.1. The van der Waals surface area contributed by atoms with Crippen LogP contribution >= 0.6 is 0 Å². The summed E-state index contributed by atoms with van der Waals surface area (Å²) in [6.07, 6.45) is 0.732. The van der Waals surface area contributed by atoms with Crippen molar-refractivity contribution in [2.75, 3.05) is 38.2 Å². The maximum atomic E-state index is 11.5. The van der Waals surface area contributed by atoms with E-state index in [9.17, 15) is 8.42 Å². The van der Waals surface area contributed by atoms with E-state index >= 15 is 0 Å². The third kappa shape index (κ3) is 7.44. The van der Waals surface area contributed by atoms with E-state index in [1.54, 1.807) is 7.05 Å². The molecule has 0 spiro atoms. The average molecular weight is 368 g/mol. The molecule has 7 heteroatoms. The number of nitrogens with one attached hydrogen (secondary N) is 2. The molecule has 1 heterocycles. The Kier molecular flexibility index (Phi) is 7.71. The predicted octanol–water partition coefficient (Wildman–Crippen LogP) is 1.44. The van der Waals surface area contributed by atoms with Crippen molar-refractivity contribution in [2.45, 2.75) is 20.0 Å². The number of ether oxygens (including phenoxy) is 1. The Bertz CT molecular complexity index is 647. The molecule has 1 saturated heterocycles. The SMILES string of the molecule is CN=C(NCC(C)COCc1ccccc1)NCC1CCS(=O)(=O)C1. The van der Waals surface area contributed by atoms with E-state index in [1.807, 2.05) is 18.2 Å². The normalized spacial score (nSPS) is 21.0. The first kappa shape index (κ1) is 19.7. The molecule has 2 atom stereocenters. The van der Waals surface area contributed by atoms with Crippen LogP contribution in [0.5, 0.6) is 0 Å². The Labute approximate surface area is 151 Å². The number of hydrogen-bond donors (Lipinski definition) is 2. The number of sulfone groups is 1. The van der Waals surface area contributed by atoms with E-state index in [-0.39, 0.29) is 11.7 Å². The molecule has 6 nitrogen and oxygen atoms in total. The molecule has 1 aromatic rings. The Balaban J connectivity index is 1.61. The molecular formula is C18H29N3O3S. The molecule has 2 unspecified atom stereocenters. The Morgan fingerprint density at radius 2 is 2.08 bits per heavy atom. The minimum atomic E-state index is -2.83. The molecule has 0 radical (unpaired) electrons. The molecular weight excluding hydrogens is 338 g/mol. The standard InChI is InChI=1S/C18H29N3O3S/c1-15(12-24-13-16-6-4-3-5-7-16)10-20-18(19-2)21-11-17-8-9-25(22,23)14-17/h3-7,15,17H,8-14H2,1-2H3,(H2,19,20,21). The largest absolute Gasteiger partial charge is 0.376 e. The van der Waals surface area contributed by atoms with E-state index < -0.39 is 9.84 Å². The van der Waals surface area contributed by atoms with Gasteiger partial charge in [0.1, 0.15) is 0 Å². The molecule has 1 aliphatic rings. The lowest BCUT2D eigenvalue weighted by Gasteiger charge is -2.17. The molecule has 1 aliphatic heterocycles. The van der Waals surface area contributed by atoms with Crippen molar-refractivity contribution in [3.63, 3.8) is 0 Å². The first-order valence-corrected chi connectivity index (χ1v) is 10.6. The fourth-order valence-electron chi connectivity index (χ4n) is 2.78. The van der Waals surface area contributed by atoms with Crippen molar-refractivity contribution in [1.82, 2.24) is 10.6 Å². The van der Waals surface area contributed by atoms with Gasteiger partial charge in [-0.2, -0.15) is 0 Å². The van der Waals surface area contributed by atoms with Gasteiger partial charge in [-0.1, -0.05) is 37.3 Å². The smallest absolute Gasteiger partial charge is 0.190 e. The number of aliphatic imine (C=N–C) groups is 1. The average Bonchev–Trinajstić information content (AvgIpc) is 2.95. The summed E-state index contributed by atoms with van der Waals surface area (Å²) in [5.41, 5.74) is 1.17. The summed E-state index contributed by atoms with van der Waals surface area (Å²) in [5, 5.41) is 6.49. The molecule has 140 valence electrons. The second-order valence-corrected chi connectivity index (χ2v) is 8.94. The number of nitrogens with zero attached hydrogens (tertiary/aromatic N) is 1. The van der Waals surface area contributed by atoms with Gasteiger partial charge in [0.05, 0.1) is 24.7 Å². The maximum absolute atomic E-state index is 11.5. The highest BCUT2D eigenvalue weighted by molar-refractivity contribution is 7.91. The number of benzene rings is 1. The van der Waals surface area contributed by atoms with Crippen molar-refractivity contribution in [3.8, 4) is 0 Å². The van der Waals surface area contributed by atoms with Crippen LogP contribution in [0.3, 0.4) is 0 Å². The van der Waals surface area contributed by atoms with Crippen LogP contribution in [0.2, 0.25) is 0 Å². The first-order valence-electron chi connectivity index (χ1n) is 8.75. The van der Waals surface area contributed by atoms with Gasteiger partial charge in [0.25, 0.3) is 0 Å². The van der Waals surface area contributed by atoms with Gasteiger partial charge in [-0.25, -0.2) is 8.42 Å². The molecule has 0 bridgehead atoms. The van der Waals surface area contributed by atoms with E-state index in [0.29, 0.717) is 37.4 Å². The Hall–Kier alpha value is -1.60. The van der Waals surface area contributed by atoms with Crippen LogP contribution < -0.4 is 10.6 Å². The summed E-state index contributed by atoms with van der Waals surface area (Å²) >= 11 is 0. The summed E-state index contributed by atoms with van der Waals surface area (Å²) in [5.74, 6) is 1.81. The van der Waals surface area contributed by atoms with Crippen LogP contribution in [-0.4, -0.2) is 52.6 Å². The van der Waals surface area contributed by atoms with E-state index in [0.717, 1.165) is 13.0 Å². The highest BCUT2D eigenvalue weighted by Gasteiger charge is 2.27. The molecule has 1 fully saturated rings. The Morgan fingerprint density at radius 3 is 2.72 bits per heavy atom. The van der Waals surface area contributed by atoms with Gasteiger partial charge in [-0.15, -0.1) is 0 Å². The lowest BCUT2D eigenvalue weighted by Crippen LogP contribution is -2.42. The summed E-state index contributed by atoms with van der Waals surface area (Å²) in [7, 11) is -1.11. The highest BCUT2D eigenvalue weighted by Crippen LogP contribution is 2.17. The quantitative estimate of drug-likeness (QED) is 0.537. The van der Waals surface area contributed by atoms with Gasteiger partial charge < -0.3 is 15.4 Å². The van der Waals surface area contributed by atoms with Gasteiger partial charge in [-0.05, 0) is 23.8 Å². The van der Waals surface area contributed by atoms with Crippen molar-refractivity contribution >= 4 is 15.8 Å². The van der Waals surface area contributed by atoms with E-state index in [1.165, 1.54) is 5.56 Å². The van der Waals surface area contributed by atoms with Crippen LogP contribution in [-0.2, 0) is 21.2 Å². The fraction of sp³-hybridized carbons (Fsp3) is 0.611. The minimum Gasteiger partial charge on any atom is -0.376 e. The van der Waals surface area contributed by atoms with Gasteiger partial charge in [0, 0.05) is 20.1 Å². The number of guanidine groups is 1. The molecule has 2 N–H and O–H groups in total. The summed E-state index contributed by atoms with van der Waals surface area (Å²) in [4.78, 5) is 4.19. The van der Waals surface area contributed by atoms with Crippen molar-refractivity contribution in [2.24, 2.45) is 16.8 Å². The summed E-state index contributed by atoms with van der Waals surface area (Å²) in [6.45, 7) is 4.79. The zero-order valence-corrected chi connectivity index (χ0v) is 15.9. The van der Waals surface area contributed by atoms with Gasteiger partial charge in [0.2, 0.25) is 0 Å². The van der Waals surface area contributed by atoms with Crippen LogP contribution in [0.15, 0.2) is 35.3 Å². The fourth-order valence-corrected chi connectivity index (χ4v) is 4.64. The monoisotopic (exact) mass is 367 g/mol. The molecule has 0 aliphatic carbocycles. The van der Waals surface area contributed by atoms with Crippen molar-refractivity contribution in [3.05, 3.63) is 35.9 Å². The molecule has 2 rings (SSSR count). The third-order valence-corrected chi connectivity index (χ3v) is 6.08. The molecule has 25 heavy (non-hydrogen) atoms. The van der Waals surface area contributed by atoms with Gasteiger partial charge >= 0.3 is 0 Å². The third-order valence-electron chi connectivity index (χ3n) is 4.24. The highest BCUT2D eigenvalue weighted by atomic mass is 32.2. The zero-order valence-electron chi connectivity index (χ0n) is 15.1. The first-order chi connectivity index (χ1) is 12.0. The van der Waals surface area contributed by atoms with Crippen molar-refractivity contribution in [1.29, 1.82) is 0 Å². The van der Waals surface area contributed by atoms with E-state index in [4.69, 9.17) is 4.74 Å². The summed E-state index contributed by atoms with van der Waals surface area (Å²) < 4.78 is 28.7. The lowest BCUT2D eigenvalue weighted by molar-refractivity contribution is 0.0931. The van der Waals surface area contributed by atoms with Gasteiger partial charge in [0.15, 0.2) is 15.8 Å². The minimum absolute atomic E-state index is 0.176. The number of hydrogen-bond acceptors (Lipinski definition) is 4. The number of rotatable bonds is 8. The van der Waals surface area contributed by atoms with Gasteiger partial charge in [-0.3, -0.25) is 4.99 Å². The van der Waals surface area contributed by atoms with E-state index in [2.05, 4.69) is 34.7 Å². The van der Waals surface area contributed by atoms with Crippen LogP contribution in [0.1, 0.15) is 18.9 Å². The maximum Gasteiger partial charge on any atom is 0.190 e. The Morgan fingerprint density at radius 1 is 1.32 bits per heavy atom. The zero-order chi connectivity index (χ0) is 18.1. The molecule has 0 aromatic heterocycles.